The lowest BCUT2D eigenvalue weighted by Crippen LogP contribution is -2.23. The molecular weight excluding hydrogens is 205 g/mol. The molecule has 0 spiro atoms. The van der Waals surface area contributed by atoms with Gasteiger partial charge < -0.3 is 16.0 Å². The summed E-state index contributed by atoms with van der Waals surface area (Å²) >= 11 is 0. The van der Waals surface area contributed by atoms with Crippen LogP contribution in [0.4, 0.5) is 15.8 Å². The van der Waals surface area contributed by atoms with E-state index in [2.05, 4.69) is 17.1 Å². The zero-order valence-electron chi connectivity index (χ0n) is 10.1. The summed E-state index contributed by atoms with van der Waals surface area (Å²) in [4.78, 5) is 2.13. The molecule has 1 unspecified atom stereocenters. The van der Waals surface area contributed by atoms with Crippen LogP contribution in [-0.4, -0.2) is 31.6 Å². The van der Waals surface area contributed by atoms with Crippen molar-refractivity contribution in [1.29, 1.82) is 0 Å². The molecule has 4 heteroatoms. The quantitative estimate of drug-likeness (QED) is 0.754. The first-order chi connectivity index (χ1) is 7.49. The van der Waals surface area contributed by atoms with Crippen LogP contribution in [0.15, 0.2) is 18.2 Å². The molecule has 0 bridgehead atoms. The Morgan fingerprint density at radius 2 is 2.12 bits per heavy atom. The van der Waals surface area contributed by atoms with E-state index in [9.17, 15) is 4.39 Å². The standard InChI is InChI=1S/C12H20FN3/c1-9(6-7-16(2)3)15-12-5-4-10(13)8-11(12)14/h4-5,8-9,15H,6-7,14H2,1-3H3. The number of nitrogen functional groups attached to an aromatic ring is 1. The monoisotopic (exact) mass is 225 g/mol. The van der Waals surface area contributed by atoms with E-state index in [4.69, 9.17) is 5.73 Å². The van der Waals surface area contributed by atoms with Gasteiger partial charge in [0.25, 0.3) is 0 Å². The molecule has 1 aromatic rings. The van der Waals surface area contributed by atoms with Gasteiger partial charge in [0.1, 0.15) is 5.82 Å². The van der Waals surface area contributed by atoms with Crippen molar-refractivity contribution in [2.24, 2.45) is 0 Å². The molecule has 3 N–H and O–H groups in total. The highest BCUT2D eigenvalue weighted by Crippen LogP contribution is 2.20. The largest absolute Gasteiger partial charge is 0.397 e. The van der Waals surface area contributed by atoms with Crippen molar-refractivity contribution in [3.8, 4) is 0 Å². The van der Waals surface area contributed by atoms with E-state index >= 15 is 0 Å². The van der Waals surface area contributed by atoms with Gasteiger partial charge >= 0.3 is 0 Å². The molecule has 3 nitrogen and oxygen atoms in total. The van der Waals surface area contributed by atoms with Gasteiger partial charge in [0.05, 0.1) is 11.4 Å². The number of benzene rings is 1. The highest BCUT2D eigenvalue weighted by molar-refractivity contribution is 5.66. The SMILES string of the molecule is CC(CCN(C)C)Nc1ccc(F)cc1N. The van der Waals surface area contributed by atoms with Crippen LogP contribution in [0.1, 0.15) is 13.3 Å². The summed E-state index contributed by atoms with van der Waals surface area (Å²) in [6.07, 6.45) is 1.02. The molecule has 1 atom stereocenters. The predicted molar refractivity (Wildman–Crippen MR) is 67.1 cm³/mol. The fraction of sp³-hybridized carbons (Fsp3) is 0.500. The average molecular weight is 225 g/mol. The Bertz CT molecular complexity index is 339. The number of halogens is 1. The van der Waals surface area contributed by atoms with Gasteiger partial charge in [-0.1, -0.05) is 0 Å². The summed E-state index contributed by atoms with van der Waals surface area (Å²) in [6.45, 7) is 3.10. The number of anilines is 2. The minimum Gasteiger partial charge on any atom is -0.397 e. The van der Waals surface area contributed by atoms with Gasteiger partial charge in [0.2, 0.25) is 0 Å². The van der Waals surface area contributed by atoms with Gasteiger partial charge in [0.15, 0.2) is 0 Å². The van der Waals surface area contributed by atoms with Crippen molar-refractivity contribution in [3.63, 3.8) is 0 Å². The van der Waals surface area contributed by atoms with Crippen LogP contribution >= 0.6 is 0 Å². The Morgan fingerprint density at radius 1 is 1.44 bits per heavy atom. The lowest BCUT2D eigenvalue weighted by atomic mass is 10.2. The molecule has 0 heterocycles. The lowest BCUT2D eigenvalue weighted by molar-refractivity contribution is 0.390. The number of nitrogens with two attached hydrogens (primary N) is 1. The highest BCUT2D eigenvalue weighted by Gasteiger charge is 2.05. The summed E-state index contributed by atoms with van der Waals surface area (Å²) in [5.74, 6) is -0.302. The van der Waals surface area contributed by atoms with Crippen molar-refractivity contribution in [2.45, 2.75) is 19.4 Å². The Kier molecular flexibility index (Phi) is 4.55. The fourth-order valence-corrected chi connectivity index (χ4v) is 1.45. The predicted octanol–water partition coefficient (Wildman–Crippen LogP) is 2.16. The smallest absolute Gasteiger partial charge is 0.125 e. The average Bonchev–Trinajstić information content (AvgIpc) is 2.19. The van der Waals surface area contributed by atoms with Crippen molar-refractivity contribution >= 4 is 11.4 Å². The molecule has 0 amide bonds. The second kappa shape index (κ2) is 5.70. The summed E-state index contributed by atoms with van der Waals surface area (Å²) < 4.78 is 12.8. The first-order valence-corrected chi connectivity index (χ1v) is 5.45. The van der Waals surface area contributed by atoms with Gasteiger partial charge in [-0.2, -0.15) is 0 Å². The highest BCUT2D eigenvalue weighted by atomic mass is 19.1. The Hall–Kier alpha value is -1.29. The van der Waals surface area contributed by atoms with E-state index in [1.165, 1.54) is 12.1 Å². The summed E-state index contributed by atoms with van der Waals surface area (Å²) in [6, 6.07) is 4.74. The second-order valence-electron chi connectivity index (χ2n) is 4.37. The number of hydrogen-bond donors (Lipinski definition) is 2. The van der Waals surface area contributed by atoms with Gasteiger partial charge in [-0.15, -0.1) is 0 Å². The summed E-state index contributed by atoms with van der Waals surface area (Å²) in [7, 11) is 4.08. The van der Waals surface area contributed by atoms with E-state index in [1.54, 1.807) is 6.07 Å². The van der Waals surface area contributed by atoms with E-state index < -0.39 is 0 Å². The lowest BCUT2D eigenvalue weighted by Gasteiger charge is -2.18. The molecule has 0 saturated heterocycles. The number of nitrogens with zero attached hydrogens (tertiary/aromatic N) is 1. The molecule has 1 aromatic carbocycles. The van der Waals surface area contributed by atoms with Gasteiger partial charge in [-0.25, -0.2) is 4.39 Å². The second-order valence-corrected chi connectivity index (χ2v) is 4.37. The van der Waals surface area contributed by atoms with Crippen LogP contribution in [0, 0.1) is 5.82 Å². The Morgan fingerprint density at radius 3 is 2.69 bits per heavy atom. The molecule has 0 fully saturated rings. The van der Waals surface area contributed by atoms with E-state index in [1.807, 2.05) is 14.1 Å². The van der Waals surface area contributed by atoms with Crippen LogP contribution in [0.3, 0.4) is 0 Å². The molecule has 0 aliphatic carbocycles. The van der Waals surface area contributed by atoms with Gasteiger partial charge in [0, 0.05) is 6.04 Å². The summed E-state index contributed by atoms with van der Waals surface area (Å²) in [5.41, 5.74) is 6.97. The number of rotatable bonds is 5. The van der Waals surface area contributed by atoms with E-state index in [0.29, 0.717) is 11.7 Å². The third-order valence-electron chi connectivity index (χ3n) is 2.42. The molecule has 16 heavy (non-hydrogen) atoms. The van der Waals surface area contributed by atoms with Crippen molar-refractivity contribution in [1.82, 2.24) is 4.90 Å². The van der Waals surface area contributed by atoms with Crippen LogP contribution in [-0.2, 0) is 0 Å². The van der Waals surface area contributed by atoms with Crippen LogP contribution in [0.25, 0.3) is 0 Å². The molecular formula is C12H20FN3. The molecule has 1 rings (SSSR count). The van der Waals surface area contributed by atoms with Crippen LogP contribution in [0.2, 0.25) is 0 Å². The number of nitrogens with one attached hydrogen (secondary N) is 1. The Labute approximate surface area is 96.4 Å². The van der Waals surface area contributed by atoms with Gasteiger partial charge in [-0.3, -0.25) is 0 Å². The Balaban J connectivity index is 2.52. The zero-order valence-corrected chi connectivity index (χ0v) is 10.1. The van der Waals surface area contributed by atoms with Crippen molar-refractivity contribution in [3.05, 3.63) is 24.0 Å². The maximum atomic E-state index is 12.8. The molecule has 0 saturated carbocycles. The van der Waals surface area contributed by atoms with E-state index in [0.717, 1.165) is 18.7 Å². The first kappa shape index (κ1) is 12.8. The number of hydrogen-bond acceptors (Lipinski definition) is 3. The minimum atomic E-state index is -0.302. The van der Waals surface area contributed by atoms with Crippen molar-refractivity contribution in [2.75, 3.05) is 31.7 Å². The van der Waals surface area contributed by atoms with Crippen molar-refractivity contribution < 1.29 is 4.39 Å². The normalized spacial score (nSPS) is 12.8. The molecule has 0 aliphatic heterocycles. The fourth-order valence-electron chi connectivity index (χ4n) is 1.45. The third kappa shape index (κ3) is 4.06. The molecule has 0 aliphatic rings. The molecule has 0 aromatic heterocycles. The third-order valence-corrected chi connectivity index (χ3v) is 2.42. The first-order valence-electron chi connectivity index (χ1n) is 5.45. The molecule has 90 valence electrons. The maximum Gasteiger partial charge on any atom is 0.125 e. The van der Waals surface area contributed by atoms with E-state index in [-0.39, 0.29) is 5.82 Å². The topological polar surface area (TPSA) is 41.3 Å². The van der Waals surface area contributed by atoms with Crippen LogP contribution in [0.5, 0.6) is 0 Å². The minimum absolute atomic E-state index is 0.302. The van der Waals surface area contributed by atoms with Gasteiger partial charge in [-0.05, 0) is 52.2 Å². The zero-order chi connectivity index (χ0) is 12.1. The maximum absolute atomic E-state index is 12.8. The van der Waals surface area contributed by atoms with Crippen LogP contribution < -0.4 is 11.1 Å². The summed E-state index contributed by atoms with van der Waals surface area (Å²) in [5, 5.41) is 3.27. The molecule has 0 radical (unpaired) electrons.